The van der Waals surface area contributed by atoms with Gasteiger partial charge in [-0.05, 0) is 43.5 Å². The maximum absolute atomic E-state index is 13.0. The first-order valence-corrected chi connectivity index (χ1v) is 9.20. The van der Waals surface area contributed by atoms with Gasteiger partial charge in [-0.1, -0.05) is 11.6 Å². The molecule has 2 saturated heterocycles. The summed E-state index contributed by atoms with van der Waals surface area (Å²) in [5, 5.41) is 11.0. The van der Waals surface area contributed by atoms with Crippen molar-refractivity contribution in [3.8, 4) is 0 Å². The lowest BCUT2D eigenvalue weighted by molar-refractivity contribution is -0.145. The van der Waals surface area contributed by atoms with Crippen LogP contribution in [0.1, 0.15) is 19.3 Å². The van der Waals surface area contributed by atoms with E-state index in [1.54, 1.807) is 6.20 Å². The van der Waals surface area contributed by atoms with Crippen LogP contribution < -0.4 is 4.90 Å². The topological polar surface area (TPSA) is 56.7 Å². The van der Waals surface area contributed by atoms with E-state index in [0.717, 1.165) is 55.5 Å². The summed E-state index contributed by atoms with van der Waals surface area (Å²) < 4.78 is 0. The van der Waals surface area contributed by atoms with Crippen LogP contribution in [-0.2, 0) is 4.79 Å². The van der Waals surface area contributed by atoms with Gasteiger partial charge in [0.25, 0.3) is 0 Å². The molecule has 0 bridgehead atoms. The first kappa shape index (κ1) is 16.6. The second-order valence-corrected chi connectivity index (χ2v) is 7.50. The molecular formula is C19H22ClN3O2. The summed E-state index contributed by atoms with van der Waals surface area (Å²) in [5.41, 5.74) is 1.68. The Morgan fingerprint density at radius 3 is 2.96 bits per heavy atom. The number of benzene rings is 1. The third-order valence-corrected chi connectivity index (χ3v) is 5.81. The van der Waals surface area contributed by atoms with E-state index in [-0.39, 0.29) is 17.9 Å². The van der Waals surface area contributed by atoms with Gasteiger partial charge in [-0.25, -0.2) is 0 Å². The van der Waals surface area contributed by atoms with Crippen molar-refractivity contribution in [1.82, 2.24) is 9.88 Å². The number of likely N-dealkylation sites (tertiary alicyclic amines) is 1. The van der Waals surface area contributed by atoms with Gasteiger partial charge in [0, 0.05) is 48.5 Å². The van der Waals surface area contributed by atoms with E-state index in [4.69, 9.17) is 11.6 Å². The number of aliphatic hydroxyl groups is 1. The molecule has 4 rings (SSSR count). The van der Waals surface area contributed by atoms with Crippen molar-refractivity contribution in [3.05, 3.63) is 35.5 Å². The summed E-state index contributed by atoms with van der Waals surface area (Å²) in [6.45, 7) is 2.83. The molecule has 25 heavy (non-hydrogen) atoms. The lowest BCUT2D eigenvalue weighted by Crippen LogP contribution is -2.50. The molecule has 2 aromatic rings. The highest BCUT2D eigenvalue weighted by Crippen LogP contribution is 2.42. The number of piperidine rings is 1. The van der Waals surface area contributed by atoms with E-state index in [9.17, 15) is 9.90 Å². The van der Waals surface area contributed by atoms with Crippen molar-refractivity contribution in [2.75, 3.05) is 37.7 Å². The van der Waals surface area contributed by atoms with Crippen molar-refractivity contribution in [2.24, 2.45) is 5.41 Å². The molecule has 1 atom stereocenters. The predicted octanol–water partition coefficient (Wildman–Crippen LogP) is 2.70. The van der Waals surface area contributed by atoms with Crippen LogP contribution in [0.5, 0.6) is 0 Å². The fourth-order valence-corrected chi connectivity index (χ4v) is 4.49. The van der Waals surface area contributed by atoms with Gasteiger partial charge in [-0.3, -0.25) is 9.78 Å². The summed E-state index contributed by atoms with van der Waals surface area (Å²) >= 11 is 6.09. The second-order valence-electron chi connectivity index (χ2n) is 7.06. The van der Waals surface area contributed by atoms with Gasteiger partial charge in [0.1, 0.15) is 0 Å². The van der Waals surface area contributed by atoms with Gasteiger partial charge < -0.3 is 14.9 Å². The monoisotopic (exact) mass is 359 g/mol. The Bertz CT molecular complexity index is 810. The molecule has 1 aromatic carbocycles. The van der Waals surface area contributed by atoms with E-state index in [1.165, 1.54) is 0 Å². The van der Waals surface area contributed by atoms with Crippen LogP contribution in [0.3, 0.4) is 0 Å². The molecule has 6 heteroatoms. The average Bonchev–Trinajstić information content (AvgIpc) is 3.03. The number of nitrogens with zero attached hydrogens (tertiary/aromatic N) is 3. The highest BCUT2D eigenvalue weighted by Gasteiger charge is 2.48. The number of anilines is 1. The Balaban J connectivity index is 1.64. The summed E-state index contributed by atoms with van der Waals surface area (Å²) in [4.78, 5) is 21.5. The molecule has 0 saturated carbocycles. The summed E-state index contributed by atoms with van der Waals surface area (Å²) in [5.74, 6) is 0.205. The third-order valence-electron chi connectivity index (χ3n) is 5.57. The predicted molar refractivity (Wildman–Crippen MR) is 98.9 cm³/mol. The van der Waals surface area contributed by atoms with Gasteiger partial charge >= 0.3 is 0 Å². The van der Waals surface area contributed by atoms with Gasteiger partial charge in [0.05, 0.1) is 17.5 Å². The lowest BCUT2D eigenvalue weighted by Gasteiger charge is -2.39. The van der Waals surface area contributed by atoms with Crippen LogP contribution in [0.4, 0.5) is 5.69 Å². The number of amides is 1. The molecule has 0 radical (unpaired) electrons. The van der Waals surface area contributed by atoms with Gasteiger partial charge in [-0.2, -0.15) is 0 Å². The normalized spacial score (nSPS) is 23.8. The zero-order valence-electron chi connectivity index (χ0n) is 14.1. The van der Waals surface area contributed by atoms with E-state index in [0.29, 0.717) is 11.6 Å². The number of halogens is 1. The van der Waals surface area contributed by atoms with Gasteiger partial charge in [0.15, 0.2) is 0 Å². The van der Waals surface area contributed by atoms with Crippen LogP contribution >= 0.6 is 11.6 Å². The van der Waals surface area contributed by atoms with Crippen molar-refractivity contribution < 1.29 is 9.90 Å². The largest absolute Gasteiger partial charge is 0.395 e. The minimum absolute atomic E-state index is 0.0291. The second kappa shape index (κ2) is 6.46. The average molecular weight is 360 g/mol. The highest BCUT2D eigenvalue weighted by molar-refractivity contribution is 6.31. The zero-order valence-corrected chi connectivity index (χ0v) is 14.9. The Morgan fingerprint density at radius 1 is 1.24 bits per heavy atom. The molecule has 132 valence electrons. The number of pyridine rings is 1. The van der Waals surface area contributed by atoms with Crippen molar-refractivity contribution in [3.63, 3.8) is 0 Å². The SMILES string of the molecule is O=C1N(CCO)CCC[C@]12CCN(c1ccnc3cc(Cl)ccc13)C2. The van der Waals surface area contributed by atoms with Crippen molar-refractivity contribution in [1.29, 1.82) is 0 Å². The van der Waals surface area contributed by atoms with Crippen LogP contribution in [-0.4, -0.2) is 53.7 Å². The summed E-state index contributed by atoms with van der Waals surface area (Å²) in [7, 11) is 0. The Labute approximate surface area is 152 Å². The number of rotatable bonds is 3. The van der Waals surface area contributed by atoms with E-state index in [2.05, 4.69) is 9.88 Å². The maximum Gasteiger partial charge on any atom is 0.230 e. The first-order valence-electron chi connectivity index (χ1n) is 8.82. The smallest absolute Gasteiger partial charge is 0.230 e. The highest BCUT2D eigenvalue weighted by atomic mass is 35.5. The Hall–Kier alpha value is -1.85. The zero-order chi connectivity index (χ0) is 17.4. The number of aromatic nitrogens is 1. The quantitative estimate of drug-likeness (QED) is 0.915. The molecule has 1 spiro atoms. The van der Waals surface area contributed by atoms with Crippen LogP contribution in [0.15, 0.2) is 30.5 Å². The lowest BCUT2D eigenvalue weighted by atomic mass is 9.78. The van der Waals surface area contributed by atoms with Crippen molar-refractivity contribution >= 4 is 34.1 Å². The molecule has 0 unspecified atom stereocenters. The molecular weight excluding hydrogens is 338 g/mol. The summed E-state index contributed by atoms with van der Waals surface area (Å²) in [6, 6.07) is 7.79. The standard InChI is InChI=1S/C19H22ClN3O2/c20-14-2-3-15-16(12-14)21-7-4-17(15)23-9-6-19(13-23)5-1-8-22(10-11-24)18(19)25/h2-4,7,12,24H,1,5-6,8-11,13H2/t19-/m1/s1. The number of carbonyl (C=O) groups is 1. The van der Waals surface area contributed by atoms with Crippen LogP contribution in [0, 0.1) is 5.41 Å². The molecule has 2 aliphatic rings. The minimum atomic E-state index is -0.310. The number of hydrogen-bond acceptors (Lipinski definition) is 4. The molecule has 3 heterocycles. The molecule has 1 N–H and O–H groups in total. The van der Waals surface area contributed by atoms with Crippen LogP contribution in [0.2, 0.25) is 5.02 Å². The molecule has 0 aliphatic carbocycles. The Kier molecular flexibility index (Phi) is 4.29. The third kappa shape index (κ3) is 2.85. The van der Waals surface area contributed by atoms with Crippen LogP contribution in [0.25, 0.3) is 10.9 Å². The number of carbonyl (C=O) groups excluding carboxylic acids is 1. The number of aliphatic hydroxyl groups excluding tert-OH is 1. The number of β-amino-alcohol motifs (C(OH)–C–C–N with tert-alkyl or cyclic N) is 1. The first-order chi connectivity index (χ1) is 12.1. The molecule has 1 aromatic heterocycles. The fraction of sp³-hybridized carbons (Fsp3) is 0.474. The number of fused-ring (bicyclic) bond motifs is 1. The van der Waals surface area contributed by atoms with E-state index < -0.39 is 0 Å². The van der Waals surface area contributed by atoms with Gasteiger partial charge in [0.2, 0.25) is 5.91 Å². The fourth-order valence-electron chi connectivity index (χ4n) is 4.32. The Morgan fingerprint density at radius 2 is 2.12 bits per heavy atom. The molecule has 1 amide bonds. The minimum Gasteiger partial charge on any atom is -0.395 e. The summed E-state index contributed by atoms with van der Waals surface area (Å²) in [6.07, 6.45) is 4.61. The molecule has 2 fully saturated rings. The van der Waals surface area contributed by atoms with E-state index in [1.807, 2.05) is 29.2 Å². The van der Waals surface area contributed by atoms with Gasteiger partial charge in [-0.15, -0.1) is 0 Å². The number of hydrogen-bond donors (Lipinski definition) is 1. The van der Waals surface area contributed by atoms with E-state index >= 15 is 0 Å². The molecule has 5 nitrogen and oxygen atoms in total. The maximum atomic E-state index is 13.0. The van der Waals surface area contributed by atoms with Crippen molar-refractivity contribution in [2.45, 2.75) is 19.3 Å². The molecule has 2 aliphatic heterocycles.